The van der Waals surface area contributed by atoms with Crippen molar-refractivity contribution in [2.75, 3.05) is 13.1 Å². The normalized spacial score (nSPS) is 11.2. The lowest BCUT2D eigenvalue weighted by atomic mass is 10.0. The van der Waals surface area contributed by atoms with Crippen LogP contribution in [-0.4, -0.2) is 40.7 Å². The Labute approximate surface area is 205 Å². The molecule has 3 N–H and O–H groups in total. The third-order valence-corrected chi connectivity index (χ3v) is 5.61. The molecule has 1 heterocycles. The molecule has 0 aliphatic carbocycles. The number of aryl methyl sites for hydroxylation is 2. The molecule has 0 fully saturated rings. The molecule has 0 bridgehead atoms. The van der Waals surface area contributed by atoms with Crippen LogP contribution in [0.2, 0.25) is 0 Å². The fraction of sp³-hybridized carbons (Fsp3) is 0.370. The highest BCUT2D eigenvalue weighted by Crippen LogP contribution is 2.19. The van der Waals surface area contributed by atoms with Crippen molar-refractivity contribution >= 4 is 23.0 Å². The van der Waals surface area contributed by atoms with E-state index in [1.165, 1.54) is 4.90 Å². The highest BCUT2D eigenvalue weighted by atomic mass is 16.6. The number of nitrogens with one attached hydrogen (secondary N) is 3. The minimum Gasteiger partial charge on any atom is -0.444 e. The summed E-state index contributed by atoms with van der Waals surface area (Å²) in [6.07, 6.45) is -0.559. The van der Waals surface area contributed by atoms with Crippen LogP contribution in [0.5, 0.6) is 0 Å². The summed E-state index contributed by atoms with van der Waals surface area (Å²) >= 11 is 0. The molecular weight excluding hydrogens is 444 g/mol. The molecule has 8 nitrogen and oxygen atoms in total. The van der Waals surface area contributed by atoms with Crippen molar-refractivity contribution in [2.45, 2.75) is 53.3 Å². The van der Waals surface area contributed by atoms with Crippen molar-refractivity contribution in [1.82, 2.24) is 20.5 Å². The number of rotatable bonds is 7. The quantitative estimate of drug-likeness (QED) is 0.469. The molecule has 0 unspecified atom stereocenters. The van der Waals surface area contributed by atoms with Crippen LogP contribution in [0.3, 0.4) is 0 Å². The van der Waals surface area contributed by atoms with Crippen LogP contribution in [0.15, 0.2) is 53.3 Å². The fourth-order valence-corrected chi connectivity index (χ4v) is 3.64. The van der Waals surface area contributed by atoms with Gasteiger partial charge in [0, 0.05) is 25.2 Å². The number of benzene rings is 2. The second-order valence-corrected chi connectivity index (χ2v) is 9.59. The lowest BCUT2D eigenvalue weighted by molar-refractivity contribution is 0.0523. The monoisotopic (exact) mass is 478 g/mol. The van der Waals surface area contributed by atoms with Crippen molar-refractivity contribution in [2.24, 2.45) is 0 Å². The van der Waals surface area contributed by atoms with Gasteiger partial charge in [0.1, 0.15) is 5.60 Å². The van der Waals surface area contributed by atoms with E-state index in [0.29, 0.717) is 12.1 Å². The maximum Gasteiger partial charge on any atom is 0.407 e. The first-order valence-corrected chi connectivity index (χ1v) is 11.7. The molecule has 8 heteroatoms. The Balaban J connectivity index is 1.77. The van der Waals surface area contributed by atoms with Gasteiger partial charge in [-0.25, -0.2) is 9.59 Å². The third-order valence-electron chi connectivity index (χ3n) is 5.61. The molecule has 0 saturated heterocycles. The van der Waals surface area contributed by atoms with Gasteiger partial charge in [-0.1, -0.05) is 42.5 Å². The summed E-state index contributed by atoms with van der Waals surface area (Å²) in [6, 6.07) is 15.0. The molecule has 35 heavy (non-hydrogen) atoms. The molecule has 186 valence electrons. The van der Waals surface area contributed by atoms with Crippen molar-refractivity contribution in [1.29, 1.82) is 0 Å². The van der Waals surface area contributed by atoms with E-state index in [0.717, 1.165) is 27.6 Å². The summed E-state index contributed by atoms with van der Waals surface area (Å²) in [7, 11) is 0. The molecule has 2 aromatic carbocycles. The number of carbonyl (C=O) groups excluding carboxylic acids is 2. The average molecular weight is 479 g/mol. The molecule has 0 saturated carbocycles. The maximum atomic E-state index is 13.1. The van der Waals surface area contributed by atoms with E-state index in [9.17, 15) is 14.4 Å². The van der Waals surface area contributed by atoms with Crippen LogP contribution in [0.25, 0.3) is 10.9 Å². The zero-order valence-electron chi connectivity index (χ0n) is 21.0. The SMILES string of the molecule is Cc1ccc2cc(CN(CCNC(=O)OC(C)(C)C)C(=O)NCc3ccccc3)c(=O)[nH]c2c1C. The number of fused-ring (bicyclic) bond motifs is 1. The summed E-state index contributed by atoms with van der Waals surface area (Å²) in [4.78, 5) is 42.4. The van der Waals surface area contributed by atoms with Crippen molar-refractivity contribution in [3.8, 4) is 0 Å². The summed E-state index contributed by atoms with van der Waals surface area (Å²) in [5, 5.41) is 6.48. The molecule has 3 rings (SSSR count). The Kier molecular flexibility index (Phi) is 8.17. The number of urea groups is 1. The molecule has 0 spiro atoms. The van der Waals surface area contributed by atoms with Crippen LogP contribution in [0, 0.1) is 13.8 Å². The van der Waals surface area contributed by atoms with Gasteiger partial charge in [-0.15, -0.1) is 0 Å². The topological polar surface area (TPSA) is 104 Å². The van der Waals surface area contributed by atoms with E-state index in [1.54, 1.807) is 20.8 Å². The fourth-order valence-electron chi connectivity index (χ4n) is 3.64. The standard InChI is InChI=1S/C27H34N4O4/c1-18-11-12-21-15-22(24(32)30-23(21)19(18)2)17-31(14-13-28-26(34)35-27(3,4)5)25(33)29-16-20-9-7-6-8-10-20/h6-12,15H,13-14,16-17H2,1-5H3,(H,28,34)(H,29,33)(H,30,32). The van der Waals surface area contributed by atoms with E-state index in [1.807, 2.05) is 62.4 Å². The van der Waals surface area contributed by atoms with Gasteiger partial charge in [0.2, 0.25) is 0 Å². The summed E-state index contributed by atoms with van der Waals surface area (Å²) < 4.78 is 5.27. The van der Waals surface area contributed by atoms with Crippen molar-refractivity contribution in [3.63, 3.8) is 0 Å². The number of alkyl carbamates (subject to hydrolysis) is 1. The Hall–Kier alpha value is -3.81. The molecule has 0 aliphatic rings. The largest absolute Gasteiger partial charge is 0.444 e. The van der Waals surface area contributed by atoms with E-state index < -0.39 is 11.7 Å². The number of aromatic nitrogens is 1. The molecule has 0 atom stereocenters. The summed E-state index contributed by atoms with van der Waals surface area (Å²) in [5.41, 5.74) is 3.47. The second kappa shape index (κ2) is 11.1. The number of carbonyl (C=O) groups is 2. The van der Waals surface area contributed by atoms with E-state index in [4.69, 9.17) is 4.74 Å². The van der Waals surface area contributed by atoms with Gasteiger partial charge in [-0.2, -0.15) is 0 Å². The van der Waals surface area contributed by atoms with Crippen LogP contribution in [0.4, 0.5) is 9.59 Å². The van der Waals surface area contributed by atoms with Crippen LogP contribution >= 0.6 is 0 Å². The minimum absolute atomic E-state index is 0.0921. The van der Waals surface area contributed by atoms with E-state index in [2.05, 4.69) is 15.6 Å². The number of H-pyrrole nitrogens is 1. The summed E-state index contributed by atoms with van der Waals surface area (Å²) in [6.45, 7) is 10.1. The number of hydrogen-bond acceptors (Lipinski definition) is 4. The smallest absolute Gasteiger partial charge is 0.407 e. The molecule has 1 aromatic heterocycles. The Morgan fingerprint density at radius 2 is 1.74 bits per heavy atom. The lowest BCUT2D eigenvalue weighted by Crippen LogP contribution is -2.44. The number of amides is 3. The minimum atomic E-state index is -0.619. The maximum absolute atomic E-state index is 13.1. The first-order chi connectivity index (χ1) is 16.5. The predicted octanol–water partition coefficient (Wildman–Crippen LogP) is 4.38. The molecular formula is C27H34N4O4. The number of nitrogens with zero attached hydrogens (tertiary/aromatic N) is 1. The van der Waals surface area contributed by atoms with Gasteiger partial charge in [0.25, 0.3) is 5.56 Å². The third kappa shape index (κ3) is 7.34. The first kappa shape index (κ1) is 25.8. The zero-order valence-corrected chi connectivity index (χ0v) is 21.0. The van der Waals surface area contributed by atoms with Gasteiger partial charge in [-0.3, -0.25) is 4.79 Å². The van der Waals surface area contributed by atoms with E-state index in [-0.39, 0.29) is 31.2 Å². The van der Waals surface area contributed by atoms with Gasteiger partial charge in [-0.05, 0) is 62.8 Å². The number of pyridine rings is 1. The zero-order chi connectivity index (χ0) is 25.6. The van der Waals surface area contributed by atoms with Crippen LogP contribution in [-0.2, 0) is 17.8 Å². The molecule has 3 aromatic rings. The second-order valence-electron chi connectivity index (χ2n) is 9.59. The van der Waals surface area contributed by atoms with Gasteiger partial charge >= 0.3 is 12.1 Å². The van der Waals surface area contributed by atoms with Crippen LogP contribution in [0.1, 0.15) is 43.0 Å². The molecule has 0 radical (unpaired) electrons. The van der Waals surface area contributed by atoms with Crippen LogP contribution < -0.4 is 16.2 Å². The highest BCUT2D eigenvalue weighted by molar-refractivity contribution is 5.83. The van der Waals surface area contributed by atoms with Crippen molar-refractivity contribution in [3.05, 3.63) is 81.1 Å². The van der Waals surface area contributed by atoms with Crippen molar-refractivity contribution < 1.29 is 14.3 Å². The van der Waals surface area contributed by atoms with Gasteiger partial charge < -0.3 is 25.3 Å². The number of aromatic amines is 1. The summed E-state index contributed by atoms with van der Waals surface area (Å²) in [5.74, 6) is 0. The number of ether oxygens (including phenoxy) is 1. The average Bonchev–Trinajstić information content (AvgIpc) is 2.79. The highest BCUT2D eigenvalue weighted by Gasteiger charge is 2.19. The first-order valence-electron chi connectivity index (χ1n) is 11.7. The molecule has 0 aliphatic heterocycles. The Morgan fingerprint density at radius 1 is 1.03 bits per heavy atom. The number of hydrogen-bond donors (Lipinski definition) is 3. The van der Waals surface area contributed by atoms with Gasteiger partial charge in [0.15, 0.2) is 0 Å². The lowest BCUT2D eigenvalue weighted by Gasteiger charge is -2.24. The Bertz CT molecular complexity index is 1250. The predicted molar refractivity (Wildman–Crippen MR) is 137 cm³/mol. The van der Waals surface area contributed by atoms with Gasteiger partial charge in [0.05, 0.1) is 12.1 Å². The Morgan fingerprint density at radius 3 is 2.43 bits per heavy atom. The molecule has 3 amide bonds. The van der Waals surface area contributed by atoms with E-state index >= 15 is 0 Å².